The molecule has 2 N–H and O–H groups in total. The number of benzene rings is 2. The Bertz CT molecular complexity index is 1090. The highest BCUT2D eigenvalue weighted by atomic mass is 127. The molecule has 1 aromatic heterocycles. The molecular formula is C25H30FIN4O2. The van der Waals surface area contributed by atoms with Crippen LogP contribution in [0.4, 0.5) is 4.39 Å². The predicted molar refractivity (Wildman–Crippen MR) is 141 cm³/mol. The van der Waals surface area contributed by atoms with Crippen molar-refractivity contribution in [2.24, 2.45) is 4.99 Å². The lowest BCUT2D eigenvalue weighted by Crippen LogP contribution is -2.42. The van der Waals surface area contributed by atoms with Crippen molar-refractivity contribution in [3.8, 4) is 5.75 Å². The highest BCUT2D eigenvalue weighted by Crippen LogP contribution is 2.14. The first-order valence-corrected chi connectivity index (χ1v) is 10.7. The van der Waals surface area contributed by atoms with Crippen molar-refractivity contribution in [3.05, 3.63) is 100 Å². The van der Waals surface area contributed by atoms with Crippen LogP contribution in [0.3, 0.4) is 0 Å². The number of nitrogens with one attached hydrogen (secondary N) is 2. The minimum atomic E-state index is -0.315. The van der Waals surface area contributed by atoms with Crippen LogP contribution in [0.25, 0.3) is 0 Å². The van der Waals surface area contributed by atoms with Crippen LogP contribution in [0.1, 0.15) is 24.5 Å². The SMILES string of the molecule is CCC(CNC(=NC)NCc1ccc(Cn2ccccc2=O)cc1)Oc1cccc(F)c1.I. The van der Waals surface area contributed by atoms with Crippen molar-refractivity contribution in [1.82, 2.24) is 15.2 Å². The molecule has 0 fully saturated rings. The monoisotopic (exact) mass is 564 g/mol. The number of nitrogens with zero attached hydrogens (tertiary/aromatic N) is 2. The van der Waals surface area contributed by atoms with Gasteiger partial charge in [-0.1, -0.05) is 43.3 Å². The number of pyridine rings is 1. The molecule has 1 atom stereocenters. The Morgan fingerprint density at radius 1 is 1.06 bits per heavy atom. The third-order valence-corrected chi connectivity index (χ3v) is 5.01. The summed E-state index contributed by atoms with van der Waals surface area (Å²) in [6.07, 6.45) is 2.44. The topological polar surface area (TPSA) is 67.7 Å². The molecular weight excluding hydrogens is 534 g/mol. The Morgan fingerprint density at radius 2 is 1.82 bits per heavy atom. The van der Waals surface area contributed by atoms with E-state index in [9.17, 15) is 9.18 Å². The number of aliphatic imine (C=N–C) groups is 1. The van der Waals surface area contributed by atoms with Gasteiger partial charge in [-0.05, 0) is 35.7 Å². The predicted octanol–water partition coefficient (Wildman–Crippen LogP) is 4.18. The van der Waals surface area contributed by atoms with Crippen molar-refractivity contribution in [1.29, 1.82) is 0 Å². The third kappa shape index (κ3) is 8.53. The molecule has 176 valence electrons. The van der Waals surface area contributed by atoms with E-state index in [4.69, 9.17) is 4.74 Å². The van der Waals surface area contributed by atoms with Gasteiger partial charge in [0.2, 0.25) is 0 Å². The van der Waals surface area contributed by atoms with Crippen LogP contribution in [0.15, 0.2) is 82.7 Å². The second-order valence-electron chi connectivity index (χ2n) is 7.40. The van der Waals surface area contributed by atoms with E-state index in [0.29, 0.717) is 31.3 Å². The van der Waals surface area contributed by atoms with E-state index in [2.05, 4.69) is 15.6 Å². The van der Waals surface area contributed by atoms with Gasteiger partial charge in [0.25, 0.3) is 5.56 Å². The number of rotatable bonds is 9. The van der Waals surface area contributed by atoms with Crippen LogP contribution in [0.2, 0.25) is 0 Å². The van der Waals surface area contributed by atoms with Crippen molar-refractivity contribution in [3.63, 3.8) is 0 Å². The van der Waals surface area contributed by atoms with E-state index >= 15 is 0 Å². The summed E-state index contributed by atoms with van der Waals surface area (Å²) in [5.41, 5.74) is 2.14. The van der Waals surface area contributed by atoms with Crippen LogP contribution in [0, 0.1) is 5.82 Å². The number of ether oxygens (including phenoxy) is 1. The zero-order valence-corrected chi connectivity index (χ0v) is 21.2. The van der Waals surface area contributed by atoms with E-state index < -0.39 is 0 Å². The first kappa shape index (κ1) is 26.4. The van der Waals surface area contributed by atoms with Gasteiger partial charge in [0.15, 0.2) is 5.96 Å². The molecule has 0 aliphatic rings. The first-order valence-electron chi connectivity index (χ1n) is 10.7. The van der Waals surface area contributed by atoms with Gasteiger partial charge in [0.05, 0.1) is 13.1 Å². The normalized spacial score (nSPS) is 11.9. The Kier molecular flexibility index (Phi) is 10.9. The molecule has 0 radical (unpaired) electrons. The molecule has 1 heterocycles. The Balaban J connectivity index is 0.00000385. The maximum absolute atomic E-state index is 13.4. The molecule has 0 spiro atoms. The lowest BCUT2D eigenvalue weighted by Gasteiger charge is -2.20. The van der Waals surface area contributed by atoms with E-state index in [0.717, 1.165) is 17.5 Å². The standard InChI is InChI=1S/C25H29FN4O2.HI/c1-3-22(32-23-8-6-7-21(26)15-23)17-29-25(27-2)28-16-19-10-12-20(13-11-19)18-30-14-5-4-9-24(30)31;/h4-15,22H,3,16-18H2,1-2H3,(H2,27,28,29);1H. The van der Waals surface area contributed by atoms with Gasteiger partial charge in [-0.3, -0.25) is 9.79 Å². The highest BCUT2D eigenvalue weighted by molar-refractivity contribution is 14.0. The summed E-state index contributed by atoms with van der Waals surface area (Å²) in [6.45, 7) is 3.71. The fraction of sp³-hybridized carbons (Fsp3) is 0.280. The Hall–Kier alpha value is -2.88. The Morgan fingerprint density at radius 3 is 2.48 bits per heavy atom. The number of hydrogen-bond donors (Lipinski definition) is 2. The summed E-state index contributed by atoms with van der Waals surface area (Å²) >= 11 is 0. The summed E-state index contributed by atoms with van der Waals surface area (Å²) in [4.78, 5) is 16.1. The van der Waals surface area contributed by atoms with Crippen LogP contribution in [-0.4, -0.2) is 30.2 Å². The summed E-state index contributed by atoms with van der Waals surface area (Å²) < 4.78 is 20.9. The molecule has 0 amide bonds. The second kappa shape index (κ2) is 13.6. The smallest absolute Gasteiger partial charge is 0.250 e. The highest BCUT2D eigenvalue weighted by Gasteiger charge is 2.10. The van der Waals surface area contributed by atoms with E-state index in [1.807, 2.05) is 37.3 Å². The minimum Gasteiger partial charge on any atom is -0.489 e. The van der Waals surface area contributed by atoms with Crippen LogP contribution in [-0.2, 0) is 13.1 Å². The molecule has 3 aromatic rings. The largest absolute Gasteiger partial charge is 0.489 e. The van der Waals surface area contributed by atoms with Crippen molar-refractivity contribution < 1.29 is 9.13 Å². The summed E-state index contributed by atoms with van der Waals surface area (Å²) in [7, 11) is 1.71. The van der Waals surface area contributed by atoms with Gasteiger partial charge in [-0.15, -0.1) is 24.0 Å². The second-order valence-corrected chi connectivity index (χ2v) is 7.40. The quantitative estimate of drug-likeness (QED) is 0.233. The molecule has 8 heteroatoms. The number of halogens is 2. The van der Waals surface area contributed by atoms with Gasteiger partial charge in [0, 0.05) is 31.9 Å². The molecule has 2 aromatic carbocycles. The number of hydrogen-bond acceptors (Lipinski definition) is 3. The Labute approximate surface area is 210 Å². The molecule has 3 rings (SSSR count). The van der Waals surface area contributed by atoms with Gasteiger partial charge < -0.3 is 19.9 Å². The molecule has 0 saturated carbocycles. The zero-order chi connectivity index (χ0) is 22.8. The van der Waals surface area contributed by atoms with Gasteiger partial charge in [-0.2, -0.15) is 0 Å². The van der Waals surface area contributed by atoms with Crippen LogP contribution in [0.5, 0.6) is 5.75 Å². The summed E-state index contributed by atoms with van der Waals surface area (Å²) in [6, 6.07) is 19.4. The fourth-order valence-electron chi connectivity index (χ4n) is 3.17. The maximum Gasteiger partial charge on any atom is 0.250 e. The van der Waals surface area contributed by atoms with Crippen LogP contribution >= 0.6 is 24.0 Å². The van der Waals surface area contributed by atoms with Gasteiger partial charge in [0.1, 0.15) is 17.7 Å². The van der Waals surface area contributed by atoms with Gasteiger partial charge in [-0.25, -0.2) is 4.39 Å². The van der Waals surface area contributed by atoms with E-state index in [1.54, 1.807) is 42.1 Å². The molecule has 33 heavy (non-hydrogen) atoms. The van der Waals surface area contributed by atoms with Gasteiger partial charge >= 0.3 is 0 Å². The summed E-state index contributed by atoms with van der Waals surface area (Å²) in [5.74, 6) is 0.857. The first-order chi connectivity index (χ1) is 15.6. The molecule has 0 aliphatic carbocycles. The third-order valence-electron chi connectivity index (χ3n) is 5.01. The average Bonchev–Trinajstić information content (AvgIpc) is 2.81. The number of aromatic nitrogens is 1. The van der Waals surface area contributed by atoms with Crippen molar-refractivity contribution in [2.45, 2.75) is 32.5 Å². The van der Waals surface area contributed by atoms with Crippen LogP contribution < -0.4 is 20.9 Å². The maximum atomic E-state index is 13.4. The summed E-state index contributed by atoms with van der Waals surface area (Å²) in [5, 5.41) is 6.54. The number of guanidine groups is 1. The van der Waals surface area contributed by atoms with E-state index in [-0.39, 0.29) is 41.5 Å². The van der Waals surface area contributed by atoms with Crippen molar-refractivity contribution >= 4 is 29.9 Å². The molecule has 0 aliphatic heterocycles. The van der Waals surface area contributed by atoms with Crippen molar-refractivity contribution in [2.75, 3.05) is 13.6 Å². The molecule has 1 unspecified atom stereocenters. The fourth-order valence-corrected chi connectivity index (χ4v) is 3.17. The minimum absolute atomic E-state index is 0. The molecule has 6 nitrogen and oxygen atoms in total. The van der Waals surface area contributed by atoms with E-state index in [1.165, 1.54) is 12.1 Å². The molecule has 0 bridgehead atoms. The lowest BCUT2D eigenvalue weighted by atomic mass is 10.1. The average molecular weight is 564 g/mol. The lowest BCUT2D eigenvalue weighted by molar-refractivity contribution is 0.199. The molecule has 0 saturated heterocycles. The zero-order valence-electron chi connectivity index (χ0n) is 18.8.